The van der Waals surface area contributed by atoms with Gasteiger partial charge in [-0.25, -0.2) is 0 Å². The summed E-state index contributed by atoms with van der Waals surface area (Å²) in [5.41, 5.74) is 6.55. The van der Waals surface area contributed by atoms with Crippen molar-refractivity contribution in [2.24, 2.45) is 11.1 Å². The molecular weight excluding hydrogens is 366 g/mol. The van der Waals surface area contributed by atoms with E-state index in [0.717, 1.165) is 5.56 Å². The number of amides is 2. The zero-order chi connectivity index (χ0) is 19.2. The van der Waals surface area contributed by atoms with Gasteiger partial charge in [0.1, 0.15) is 6.04 Å². The highest BCUT2D eigenvalue weighted by Gasteiger charge is 2.28. The van der Waals surface area contributed by atoms with Gasteiger partial charge in [-0.15, -0.1) is 12.4 Å². The number of nitrogens with one attached hydrogen (secondary N) is 1. The highest BCUT2D eigenvalue weighted by Crippen LogP contribution is 2.15. The van der Waals surface area contributed by atoms with Crippen LogP contribution in [0.3, 0.4) is 0 Å². The first-order valence-corrected chi connectivity index (χ1v) is 8.66. The fourth-order valence-electron chi connectivity index (χ4n) is 2.74. The largest absolute Gasteiger partial charge is 0.459 e. The maximum atomic E-state index is 13.0. The highest BCUT2D eigenvalue weighted by molar-refractivity contribution is 5.95. The van der Waals surface area contributed by atoms with Crippen molar-refractivity contribution in [1.29, 1.82) is 0 Å². The Kier molecular flexibility index (Phi) is 8.53. The van der Waals surface area contributed by atoms with Crippen molar-refractivity contribution in [3.8, 4) is 0 Å². The molecule has 148 valence electrons. The second kappa shape index (κ2) is 10.1. The van der Waals surface area contributed by atoms with Crippen LogP contribution in [-0.2, 0) is 11.2 Å². The van der Waals surface area contributed by atoms with E-state index in [0.29, 0.717) is 19.5 Å². The Labute approximate surface area is 166 Å². The van der Waals surface area contributed by atoms with Crippen LogP contribution in [-0.4, -0.2) is 42.9 Å². The molecule has 1 heterocycles. The fraction of sp³-hybridized carbons (Fsp3) is 0.400. The molecule has 1 aromatic heterocycles. The van der Waals surface area contributed by atoms with E-state index in [1.165, 1.54) is 6.26 Å². The van der Waals surface area contributed by atoms with E-state index >= 15 is 0 Å². The van der Waals surface area contributed by atoms with Crippen LogP contribution in [0.15, 0.2) is 53.1 Å². The standard InChI is InChI=1S/C20H27N3O3.ClH/c1-20(2,13-21)14-23(3)19(25)16(12-15-8-5-4-6-9-15)22-18(24)17-10-7-11-26-17;/h4-11,16H,12-14,21H2,1-3H3,(H,22,24);1H. The maximum Gasteiger partial charge on any atom is 0.287 e. The van der Waals surface area contributed by atoms with Crippen molar-refractivity contribution in [3.05, 3.63) is 60.1 Å². The molecule has 0 fully saturated rings. The predicted octanol–water partition coefficient (Wildman–Crippen LogP) is 2.49. The van der Waals surface area contributed by atoms with Gasteiger partial charge in [0, 0.05) is 20.0 Å². The van der Waals surface area contributed by atoms with Crippen LogP contribution in [0, 0.1) is 5.41 Å². The third kappa shape index (κ3) is 6.73. The number of nitrogens with zero attached hydrogens (tertiary/aromatic N) is 1. The summed E-state index contributed by atoms with van der Waals surface area (Å²) in [4.78, 5) is 27.0. The van der Waals surface area contributed by atoms with Crippen molar-refractivity contribution in [1.82, 2.24) is 10.2 Å². The van der Waals surface area contributed by atoms with Crippen LogP contribution in [0.1, 0.15) is 30.0 Å². The Hall–Kier alpha value is -2.31. The van der Waals surface area contributed by atoms with E-state index in [9.17, 15) is 9.59 Å². The van der Waals surface area contributed by atoms with E-state index in [2.05, 4.69) is 5.32 Å². The van der Waals surface area contributed by atoms with E-state index in [-0.39, 0.29) is 29.5 Å². The molecule has 3 N–H and O–H groups in total. The van der Waals surface area contributed by atoms with Gasteiger partial charge < -0.3 is 20.4 Å². The summed E-state index contributed by atoms with van der Waals surface area (Å²) in [6, 6.07) is 12.1. The van der Waals surface area contributed by atoms with E-state index in [1.54, 1.807) is 24.1 Å². The lowest BCUT2D eigenvalue weighted by molar-refractivity contribution is -0.133. The lowest BCUT2D eigenvalue weighted by atomic mass is 9.93. The number of hydrogen-bond donors (Lipinski definition) is 2. The predicted molar refractivity (Wildman–Crippen MR) is 108 cm³/mol. The highest BCUT2D eigenvalue weighted by atomic mass is 35.5. The second-order valence-electron chi connectivity index (χ2n) is 7.26. The molecule has 0 radical (unpaired) electrons. The smallest absolute Gasteiger partial charge is 0.287 e. The fourth-order valence-corrected chi connectivity index (χ4v) is 2.74. The Bertz CT molecular complexity index is 717. The van der Waals surface area contributed by atoms with Gasteiger partial charge >= 0.3 is 0 Å². The topological polar surface area (TPSA) is 88.6 Å². The van der Waals surface area contributed by atoms with E-state index in [1.807, 2.05) is 44.2 Å². The molecule has 2 rings (SSSR count). The van der Waals surface area contributed by atoms with Gasteiger partial charge in [-0.05, 0) is 29.7 Å². The minimum Gasteiger partial charge on any atom is -0.459 e. The second-order valence-corrected chi connectivity index (χ2v) is 7.26. The molecule has 2 aromatic rings. The molecule has 7 heteroatoms. The number of carbonyl (C=O) groups excluding carboxylic acids is 2. The minimum absolute atomic E-state index is 0. The van der Waals surface area contributed by atoms with Gasteiger partial charge in [0.05, 0.1) is 6.26 Å². The first-order chi connectivity index (χ1) is 12.3. The number of furan rings is 1. The first-order valence-electron chi connectivity index (χ1n) is 8.66. The zero-order valence-corrected chi connectivity index (χ0v) is 16.8. The monoisotopic (exact) mass is 393 g/mol. The maximum absolute atomic E-state index is 13.0. The number of nitrogens with two attached hydrogens (primary N) is 1. The molecule has 27 heavy (non-hydrogen) atoms. The number of halogens is 1. The van der Waals surface area contributed by atoms with Crippen LogP contribution in [0.25, 0.3) is 0 Å². The van der Waals surface area contributed by atoms with Crippen molar-refractivity contribution in [3.63, 3.8) is 0 Å². The third-order valence-corrected chi connectivity index (χ3v) is 4.23. The van der Waals surface area contributed by atoms with Gasteiger partial charge in [-0.3, -0.25) is 9.59 Å². The number of hydrogen-bond acceptors (Lipinski definition) is 4. The Morgan fingerprint density at radius 2 is 1.85 bits per heavy atom. The number of benzene rings is 1. The van der Waals surface area contributed by atoms with Crippen LogP contribution in [0.5, 0.6) is 0 Å². The molecule has 0 saturated heterocycles. The molecule has 2 amide bonds. The summed E-state index contributed by atoms with van der Waals surface area (Å²) < 4.78 is 5.13. The SMILES string of the molecule is CN(CC(C)(C)CN)C(=O)C(Cc1ccccc1)NC(=O)c1ccco1.Cl. The molecule has 0 saturated carbocycles. The summed E-state index contributed by atoms with van der Waals surface area (Å²) >= 11 is 0. The van der Waals surface area contributed by atoms with Crippen LogP contribution >= 0.6 is 12.4 Å². The molecule has 1 atom stereocenters. The molecule has 1 aromatic carbocycles. The lowest BCUT2D eigenvalue weighted by Gasteiger charge is -2.31. The Balaban J connectivity index is 0.00000364. The van der Waals surface area contributed by atoms with Crippen molar-refractivity contribution >= 4 is 24.2 Å². The molecule has 6 nitrogen and oxygen atoms in total. The van der Waals surface area contributed by atoms with E-state index < -0.39 is 11.9 Å². The van der Waals surface area contributed by atoms with Gasteiger partial charge in [-0.1, -0.05) is 44.2 Å². The summed E-state index contributed by atoms with van der Waals surface area (Å²) in [6.45, 7) is 4.98. The zero-order valence-electron chi connectivity index (χ0n) is 16.0. The summed E-state index contributed by atoms with van der Waals surface area (Å²) in [7, 11) is 1.73. The number of rotatable bonds is 8. The molecule has 0 bridgehead atoms. The lowest BCUT2D eigenvalue weighted by Crippen LogP contribution is -2.51. The molecule has 0 aliphatic carbocycles. The molecule has 0 aliphatic heterocycles. The molecule has 0 spiro atoms. The first kappa shape index (κ1) is 22.7. The number of likely N-dealkylation sites (N-methyl/N-ethyl adjacent to an activating group) is 1. The van der Waals surface area contributed by atoms with Gasteiger partial charge in [0.25, 0.3) is 5.91 Å². The quantitative estimate of drug-likeness (QED) is 0.721. The van der Waals surface area contributed by atoms with Crippen molar-refractivity contribution in [2.75, 3.05) is 20.1 Å². The van der Waals surface area contributed by atoms with Crippen LogP contribution < -0.4 is 11.1 Å². The van der Waals surface area contributed by atoms with E-state index in [4.69, 9.17) is 10.2 Å². The normalized spacial score (nSPS) is 12.0. The summed E-state index contributed by atoms with van der Waals surface area (Å²) in [6.07, 6.45) is 1.83. The Morgan fingerprint density at radius 1 is 1.19 bits per heavy atom. The molecular formula is C20H28ClN3O3. The molecule has 0 aliphatic rings. The minimum atomic E-state index is -0.687. The summed E-state index contributed by atoms with van der Waals surface area (Å²) in [5, 5.41) is 2.80. The van der Waals surface area contributed by atoms with Gasteiger partial charge in [0.2, 0.25) is 5.91 Å². The van der Waals surface area contributed by atoms with Crippen LogP contribution in [0.4, 0.5) is 0 Å². The average Bonchev–Trinajstić information content (AvgIpc) is 3.16. The number of carbonyl (C=O) groups is 2. The van der Waals surface area contributed by atoms with Crippen molar-refractivity contribution in [2.45, 2.75) is 26.3 Å². The average molecular weight is 394 g/mol. The third-order valence-electron chi connectivity index (χ3n) is 4.23. The van der Waals surface area contributed by atoms with Gasteiger partial charge in [0.15, 0.2) is 5.76 Å². The van der Waals surface area contributed by atoms with Crippen LogP contribution in [0.2, 0.25) is 0 Å². The van der Waals surface area contributed by atoms with Gasteiger partial charge in [-0.2, -0.15) is 0 Å². The summed E-state index contributed by atoms with van der Waals surface area (Å²) in [5.74, 6) is -0.383. The molecule has 1 unspecified atom stereocenters. The van der Waals surface area contributed by atoms with Crippen molar-refractivity contribution < 1.29 is 14.0 Å². The Morgan fingerprint density at radius 3 is 2.41 bits per heavy atom.